The molecule has 1 rings (SSSR count). The van der Waals surface area contributed by atoms with Gasteiger partial charge in [0.05, 0.1) is 18.1 Å². The van der Waals surface area contributed by atoms with Crippen LogP contribution in [0.4, 0.5) is 0 Å². The first-order valence-corrected chi connectivity index (χ1v) is 11.1. The Balaban J connectivity index is 3.26. The van der Waals surface area contributed by atoms with Gasteiger partial charge < -0.3 is 20.1 Å². The monoisotopic (exact) mass is 450 g/mol. The van der Waals surface area contributed by atoms with Gasteiger partial charge in [-0.05, 0) is 47.0 Å². The number of esters is 2. The molecule has 8 heteroatoms. The minimum Gasteiger partial charge on any atom is -0.462 e. The van der Waals surface area contributed by atoms with Gasteiger partial charge in [0, 0.05) is 24.1 Å². The molecule has 0 aromatic carbocycles. The van der Waals surface area contributed by atoms with E-state index >= 15 is 0 Å². The van der Waals surface area contributed by atoms with Gasteiger partial charge in [0.1, 0.15) is 6.10 Å². The maximum absolute atomic E-state index is 13.4. The van der Waals surface area contributed by atoms with Crippen molar-refractivity contribution in [2.45, 2.75) is 77.9 Å². The van der Waals surface area contributed by atoms with Crippen LogP contribution in [0, 0.1) is 11.8 Å². The van der Waals surface area contributed by atoms with E-state index in [1.807, 2.05) is 0 Å². The SMILES string of the molecule is C=C(C)C(=O)OCCC(C(N)=O)C(C)(C(C)OC(=O)C(=C)C)N(C)C(=O)C1CCCCC1. The average molecular weight is 451 g/mol. The number of amides is 2. The molecule has 1 aliphatic carbocycles. The molecule has 0 bridgehead atoms. The van der Waals surface area contributed by atoms with Crippen LogP contribution in [0.1, 0.15) is 66.2 Å². The molecule has 0 aliphatic heterocycles. The number of nitrogens with zero attached hydrogens (tertiary/aromatic N) is 1. The van der Waals surface area contributed by atoms with Crippen molar-refractivity contribution in [1.29, 1.82) is 0 Å². The standard InChI is InChI=1S/C24H38N2O6/c1-15(2)22(29)31-14-13-19(20(25)27)24(6,17(5)32-23(30)16(3)4)26(7)21(28)18-11-9-8-10-12-18/h17-19H,1,3,8-14H2,2,4-7H3,(H2,25,27). The van der Waals surface area contributed by atoms with Crippen molar-refractivity contribution in [3.8, 4) is 0 Å². The number of carbonyl (C=O) groups excluding carboxylic acids is 4. The predicted molar refractivity (Wildman–Crippen MR) is 121 cm³/mol. The maximum atomic E-state index is 13.4. The lowest BCUT2D eigenvalue weighted by Gasteiger charge is -2.48. The fourth-order valence-corrected chi connectivity index (χ4v) is 4.15. The summed E-state index contributed by atoms with van der Waals surface area (Å²) in [6, 6.07) is 0. The van der Waals surface area contributed by atoms with Crippen LogP contribution in [0.3, 0.4) is 0 Å². The van der Waals surface area contributed by atoms with Gasteiger partial charge >= 0.3 is 11.9 Å². The lowest BCUT2D eigenvalue weighted by atomic mass is 9.76. The fraction of sp³-hybridized carbons (Fsp3) is 0.667. The molecule has 180 valence electrons. The van der Waals surface area contributed by atoms with Crippen LogP contribution in [0.2, 0.25) is 0 Å². The van der Waals surface area contributed by atoms with E-state index in [1.165, 1.54) is 18.7 Å². The van der Waals surface area contributed by atoms with Gasteiger partial charge in [-0.25, -0.2) is 9.59 Å². The van der Waals surface area contributed by atoms with Crippen LogP contribution in [-0.2, 0) is 28.7 Å². The molecule has 0 saturated heterocycles. The second-order valence-corrected chi connectivity index (χ2v) is 8.95. The molecular weight excluding hydrogens is 412 g/mol. The van der Waals surface area contributed by atoms with Crippen LogP contribution in [0.25, 0.3) is 0 Å². The summed E-state index contributed by atoms with van der Waals surface area (Å²) in [6.07, 6.45) is 3.76. The van der Waals surface area contributed by atoms with Gasteiger partial charge in [0.2, 0.25) is 11.8 Å². The number of hydrogen-bond donors (Lipinski definition) is 1. The van der Waals surface area contributed by atoms with Crippen molar-refractivity contribution in [3.05, 3.63) is 24.3 Å². The second kappa shape index (κ2) is 11.8. The van der Waals surface area contributed by atoms with Crippen molar-refractivity contribution in [2.24, 2.45) is 17.6 Å². The molecule has 32 heavy (non-hydrogen) atoms. The third-order valence-corrected chi connectivity index (χ3v) is 6.50. The summed E-state index contributed by atoms with van der Waals surface area (Å²) < 4.78 is 10.7. The molecule has 0 aromatic rings. The van der Waals surface area contributed by atoms with Gasteiger partial charge in [-0.3, -0.25) is 9.59 Å². The molecule has 3 unspecified atom stereocenters. The average Bonchev–Trinajstić information content (AvgIpc) is 2.74. The summed E-state index contributed by atoms with van der Waals surface area (Å²) in [4.78, 5) is 51.4. The third kappa shape index (κ3) is 6.68. The Bertz CT molecular complexity index is 756. The summed E-state index contributed by atoms with van der Waals surface area (Å²) in [5.74, 6) is -3.10. The number of carbonyl (C=O) groups is 4. The largest absolute Gasteiger partial charge is 0.462 e. The fourth-order valence-electron chi connectivity index (χ4n) is 4.15. The first-order chi connectivity index (χ1) is 14.8. The van der Waals surface area contributed by atoms with E-state index in [0.717, 1.165) is 32.1 Å². The first-order valence-electron chi connectivity index (χ1n) is 11.1. The highest BCUT2D eigenvalue weighted by molar-refractivity contribution is 5.88. The Hall–Kier alpha value is -2.64. The van der Waals surface area contributed by atoms with Crippen LogP contribution < -0.4 is 5.73 Å². The highest BCUT2D eigenvalue weighted by atomic mass is 16.5. The molecule has 0 heterocycles. The summed E-state index contributed by atoms with van der Waals surface area (Å²) in [5.41, 5.74) is 4.92. The zero-order chi connectivity index (χ0) is 24.6. The van der Waals surface area contributed by atoms with E-state index in [4.69, 9.17) is 15.2 Å². The van der Waals surface area contributed by atoms with Gasteiger partial charge in [-0.1, -0.05) is 32.4 Å². The van der Waals surface area contributed by atoms with Crippen molar-refractivity contribution < 1.29 is 28.7 Å². The zero-order valence-corrected chi connectivity index (χ0v) is 20.1. The zero-order valence-electron chi connectivity index (χ0n) is 20.1. The lowest BCUT2D eigenvalue weighted by molar-refractivity contribution is -0.166. The molecule has 1 aliphatic rings. The minimum absolute atomic E-state index is 0.0576. The van der Waals surface area contributed by atoms with Crippen LogP contribution in [0.15, 0.2) is 24.3 Å². The van der Waals surface area contributed by atoms with Crippen LogP contribution in [-0.4, -0.2) is 54.0 Å². The molecular formula is C24H38N2O6. The highest BCUT2D eigenvalue weighted by Gasteiger charge is 2.50. The topological polar surface area (TPSA) is 116 Å². The number of nitrogens with two attached hydrogens (primary N) is 1. The first kappa shape index (κ1) is 27.4. The smallest absolute Gasteiger partial charge is 0.333 e. The van der Waals surface area contributed by atoms with Crippen molar-refractivity contribution in [3.63, 3.8) is 0 Å². The maximum Gasteiger partial charge on any atom is 0.333 e. The second-order valence-electron chi connectivity index (χ2n) is 8.95. The number of primary amides is 1. The summed E-state index contributed by atoms with van der Waals surface area (Å²) >= 11 is 0. The van der Waals surface area contributed by atoms with Crippen molar-refractivity contribution in [2.75, 3.05) is 13.7 Å². The molecule has 0 aromatic heterocycles. The van der Waals surface area contributed by atoms with E-state index in [-0.39, 0.29) is 36.0 Å². The van der Waals surface area contributed by atoms with E-state index in [2.05, 4.69) is 13.2 Å². The highest BCUT2D eigenvalue weighted by Crippen LogP contribution is 2.36. The Morgan fingerprint density at radius 2 is 1.59 bits per heavy atom. The number of rotatable bonds is 11. The third-order valence-electron chi connectivity index (χ3n) is 6.50. The van der Waals surface area contributed by atoms with E-state index in [9.17, 15) is 19.2 Å². The van der Waals surface area contributed by atoms with Gasteiger partial charge in [-0.2, -0.15) is 0 Å². The van der Waals surface area contributed by atoms with Gasteiger partial charge in [-0.15, -0.1) is 0 Å². The number of likely N-dealkylation sites (N-methyl/N-ethyl adjacent to an activating group) is 1. The van der Waals surface area contributed by atoms with Crippen LogP contribution >= 0.6 is 0 Å². The van der Waals surface area contributed by atoms with Gasteiger partial charge in [0.25, 0.3) is 0 Å². The Labute approximate surface area is 191 Å². The Morgan fingerprint density at radius 3 is 2.06 bits per heavy atom. The van der Waals surface area contributed by atoms with Crippen LogP contribution in [0.5, 0.6) is 0 Å². The molecule has 3 atom stereocenters. The Kier molecular flexibility index (Phi) is 10.1. The molecule has 1 saturated carbocycles. The molecule has 8 nitrogen and oxygen atoms in total. The molecule has 2 amide bonds. The number of hydrogen-bond acceptors (Lipinski definition) is 6. The van der Waals surface area contributed by atoms with E-state index in [1.54, 1.807) is 20.9 Å². The van der Waals surface area contributed by atoms with E-state index in [0.29, 0.717) is 0 Å². The quantitative estimate of drug-likeness (QED) is 0.382. The van der Waals surface area contributed by atoms with Gasteiger partial charge in [0.15, 0.2) is 0 Å². The summed E-state index contributed by atoms with van der Waals surface area (Å²) in [5, 5.41) is 0. The lowest BCUT2D eigenvalue weighted by Crippen LogP contribution is -2.63. The Morgan fingerprint density at radius 1 is 1.06 bits per heavy atom. The molecule has 0 radical (unpaired) electrons. The molecule has 2 N–H and O–H groups in total. The van der Waals surface area contributed by atoms with Crippen molar-refractivity contribution >= 4 is 23.8 Å². The summed E-state index contributed by atoms with van der Waals surface area (Å²) in [7, 11) is 1.61. The van der Waals surface area contributed by atoms with Crippen molar-refractivity contribution in [1.82, 2.24) is 4.90 Å². The van der Waals surface area contributed by atoms with E-state index < -0.39 is 35.4 Å². The summed E-state index contributed by atoms with van der Waals surface area (Å²) in [6.45, 7) is 13.4. The minimum atomic E-state index is -1.26. The molecule has 1 fully saturated rings. The normalized spacial score (nSPS) is 17.9. The molecule has 0 spiro atoms. The predicted octanol–water partition coefficient (Wildman–Crippen LogP) is 2.90. The number of ether oxygens (including phenoxy) is 2.